The third-order valence-electron chi connectivity index (χ3n) is 12.0. The van der Waals surface area contributed by atoms with E-state index in [-0.39, 0.29) is 5.41 Å². The summed E-state index contributed by atoms with van der Waals surface area (Å²) in [5.74, 6) is 1.72. The molecule has 1 heterocycles. The summed E-state index contributed by atoms with van der Waals surface area (Å²) in [7, 11) is 0. The standard InChI is InChI=1S/C55H39NO/c1-55(2)50-23-13-11-21-45(50)46-28-26-42(35-51(46)55)56(43-32-39(36-15-5-3-6-16-36)31-40(33-43)37-17-7-4-8-18-37)41-27-29-48-49(34-41)47-22-12-14-24-52(47)57-53-30-25-38-19-9-10-20-44(38)54(48)53/h3-35H,1-2H3. The van der Waals surface area contributed by atoms with Crippen molar-refractivity contribution in [2.75, 3.05) is 4.90 Å². The summed E-state index contributed by atoms with van der Waals surface area (Å²) in [6, 6.07) is 72.7. The van der Waals surface area contributed by atoms with Gasteiger partial charge in [0.1, 0.15) is 11.5 Å². The second-order valence-electron chi connectivity index (χ2n) is 15.7. The van der Waals surface area contributed by atoms with E-state index in [1.807, 2.05) is 0 Å². The SMILES string of the molecule is CC1(C)c2ccccc2-c2ccc(N(c3cc(-c4ccccc4)cc(-c4ccccc4)c3)c3ccc4c(c3)-c3ccccc3Oc3ccc5ccccc5c3-4)cc21. The van der Waals surface area contributed by atoms with Crippen LogP contribution < -0.4 is 9.64 Å². The Kier molecular flexibility index (Phi) is 7.55. The molecule has 0 saturated carbocycles. The predicted molar refractivity (Wildman–Crippen MR) is 238 cm³/mol. The highest BCUT2D eigenvalue weighted by atomic mass is 16.5. The highest BCUT2D eigenvalue weighted by Crippen LogP contribution is 2.53. The Bertz CT molecular complexity index is 2960. The number of nitrogens with zero attached hydrogens (tertiary/aromatic N) is 1. The smallest absolute Gasteiger partial charge is 0.135 e. The lowest BCUT2D eigenvalue weighted by molar-refractivity contribution is 0.488. The minimum absolute atomic E-state index is 0.149. The van der Waals surface area contributed by atoms with Crippen LogP contribution in [0.5, 0.6) is 11.5 Å². The molecule has 9 aromatic rings. The van der Waals surface area contributed by atoms with Crippen LogP contribution in [0.15, 0.2) is 200 Å². The largest absolute Gasteiger partial charge is 0.456 e. The molecule has 11 rings (SSSR count). The fourth-order valence-corrected chi connectivity index (χ4v) is 9.24. The summed E-state index contributed by atoms with van der Waals surface area (Å²) < 4.78 is 6.78. The molecule has 0 bridgehead atoms. The van der Waals surface area contributed by atoms with Gasteiger partial charge >= 0.3 is 0 Å². The number of hydrogen-bond donors (Lipinski definition) is 0. The fourth-order valence-electron chi connectivity index (χ4n) is 9.24. The molecule has 0 saturated heterocycles. The highest BCUT2D eigenvalue weighted by molar-refractivity contribution is 6.06. The minimum atomic E-state index is -0.149. The molecule has 0 atom stereocenters. The van der Waals surface area contributed by atoms with Gasteiger partial charge in [-0.2, -0.15) is 0 Å². The Balaban J connectivity index is 1.19. The van der Waals surface area contributed by atoms with Gasteiger partial charge in [0.25, 0.3) is 0 Å². The molecule has 2 nitrogen and oxygen atoms in total. The van der Waals surface area contributed by atoms with Gasteiger partial charge in [0.2, 0.25) is 0 Å². The second-order valence-corrected chi connectivity index (χ2v) is 15.7. The first-order valence-electron chi connectivity index (χ1n) is 19.8. The van der Waals surface area contributed by atoms with E-state index in [0.29, 0.717) is 0 Å². The minimum Gasteiger partial charge on any atom is -0.456 e. The summed E-state index contributed by atoms with van der Waals surface area (Å²) in [4.78, 5) is 2.46. The fraction of sp³-hybridized carbons (Fsp3) is 0.0545. The summed E-state index contributed by atoms with van der Waals surface area (Å²) in [5.41, 5.74) is 17.6. The second kappa shape index (κ2) is 13.0. The van der Waals surface area contributed by atoms with Gasteiger partial charge in [-0.15, -0.1) is 0 Å². The molecule has 0 radical (unpaired) electrons. The van der Waals surface area contributed by atoms with Crippen LogP contribution in [0.4, 0.5) is 17.1 Å². The molecule has 0 amide bonds. The van der Waals surface area contributed by atoms with E-state index < -0.39 is 0 Å². The molecule has 0 fully saturated rings. The predicted octanol–water partition coefficient (Wildman–Crippen LogP) is 15.4. The number of rotatable bonds is 5. The van der Waals surface area contributed by atoms with Crippen LogP contribution in [0, 0.1) is 0 Å². The molecule has 2 aliphatic rings. The van der Waals surface area contributed by atoms with E-state index in [1.54, 1.807) is 0 Å². The summed E-state index contributed by atoms with van der Waals surface area (Å²) >= 11 is 0. The van der Waals surface area contributed by atoms with Gasteiger partial charge in [0.15, 0.2) is 0 Å². The lowest BCUT2D eigenvalue weighted by Crippen LogP contribution is -2.16. The quantitative estimate of drug-likeness (QED) is 0.175. The lowest BCUT2D eigenvalue weighted by Gasteiger charge is -2.30. The van der Waals surface area contributed by atoms with Gasteiger partial charge < -0.3 is 9.64 Å². The van der Waals surface area contributed by atoms with Crippen molar-refractivity contribution in [3.05, 3.63) is 211 Å². The van der Waals surface area contributed by atoms with Crippen LogP contribution in [0.2, 0.25) is 0 Å². The van der Waals surface area contributed by atoms with E-state index in [1.165, 1.54) is 55.3 Å². The van der Waals surface area contributed by atoms with Crippen LogP contribution in [-0.2, 0) is 5.41 Å². The van der Waals surface area contributed by atoms with E-state index >= 15 is 0 Å². The van der Waals surface area contributed by atoms with Crippen molar-refractivity contribution in [2.24, 2.45) is 0 Å². The summed E-state index contributed by atoms with van der Waals surface area (Å²) in [6.45, 7) is 4.72. The van der Waals surface area contributed by atoms with E-state index in [9.17, 15) is 0 Å². The summed E-state index contributed by atoms with van der Waals surface area (Å²) in [6.07, 6.45) is 0. The first-order chi connectivity index (χ1) is 28.0. The highest BCUT2D eigenvalue weighted by Gasteiger charge is 2.36. The molecular formula is C55H39NO. The van der Waals surface area contributed by atoms with Gasteiger partial charge in [-0.1, -0.05) is 159 Å². The lowest BCUT2D eigenvalue weighted by atomic mass is 9.82. The number of fused-ring (bicyclic) bond motifs is 10. The Morgan fingerprint density at radius 1 is 0.368 bits per heavy atom. The Hall–Kier alpha value is -7.16. The number of benzene rings is 9. The number of hydrogen-bond acceptors (Lipinski definition) is 2. The van der Waals surface area contributed by atoms with Gasteiger partial charge in [0, 0.05) is 33.6 Å². The van der Waals surface area contributed by atoms with Crippen molar-refractivity contribution in [3.63, 3.8) is 0 Å². The molecule has 1 aliphatic carbocycles. The normalized spacial score (nSPS) is 13.0. The average molecular weight is 730 g/mol. The van der Waals surface area contributed by atoms with E-state index in [0.717, 1.165) is 50.8 Å². The van der Waals surface area contributed by atoms with Gasteiger partial charge in [-0.05, 0) is 121 Å². The zero-order valence-electron chi connectivity index (χ0n) is 31.9. The maximum Gasteiger partial charge on any atom is 0.135 e. The van der Waals surface area contributed by atoms with Crippen LogP contribution >= 0.6 is 0 Å². The number of para-hydroxylation sites is 1. The van der Waals surface area contributed by atoms with Crippen LogP contribution in [0.25, 0.3) is 66.4 Å². The average Bonchev–Trinajstić information content (AvgIpc) is 3.39. The topological polar surface area (TPSA) is 12.5 Å². The maximum atomic E-state index is 6.78. The number of anilines is 3. The van der Waals surface area contributed by atoms with Crippen molar-refractivity contribution in [3.8, 4) is 67.1 Å². The molecule has 0 unspecified atom stereocenters. The zero-order chi connectivity index (χ0) is 38.1. The van der Waals surface area contributed by atoms with Crippen LogP contribution in [-0.4, -0.2) is 0 Å². The molecule has 1 aliphatic heterocycles. The van der Waals surface area contributed by atoms with Crippen molar-refractivity contribution >= 4 is 27.8 Å². The zero-order valence-corrected chi connectivity index (χ0v) is 31.9. The Labute approximate surface area is 333 Å². The molecule has 9 aromatic carbocycles. The third-order valence-corrected chi connectivity index (χ3v) is 12.0. The van der Waals surface area contributed by atoms with Gasteiger partial charge in [-0.25, -0.2) is 0 Å². The molecule has 2 heteroatoms. The van der Waals surface area contributed by atoms with Crippen molar-refractivity contribution < 1.29 is 4.74 Å². The molecule has 270 valence electrons. The van der Waals surface area contributed by atoms with Crippen molar-refractivity contribution in [1.82, 2.24) is 0 Å². The first-order valence-corrected chi connectivity index (χ1v) is 19.8. The van der Waals surface area contributed by atoms with Gasteiger partial charge in [-0.3, -0.25) is 0 Å². The van der Waals surface area contributed by atoms with Crippen LogP contribution in [0.1, 0.15) is 25.0 Å². The van der Waals surface area contributed by atoms with Crippen LogP contribution in [0.3, 0.4) is 0 Å². The molecule has 0 spiro atoms. The Morgan fingerprint density at radius 3 is 1.72 bits per heavy atom. The molecule has 0 N–H and O–H groups in total. The van der Waals surface area contributed by atoms with E-state index in [2.05, 4.69) is 219 Å². The number of ether oxygens (including phenoxy) is 1. The molecule has 57 heavy (non-hydrogen) atoms. The van der Waals surface area contributed by atoms with Crippen molar-refractivity contribution in [1.29, 1.82) is 0 Å². The third kappa shape index (κ3) is 5.40. The summed E-state index contributed by atoms with van der Waals surface area (Å²) in [5, 5.41) is 2.37. The van der Waals surface area contributed by atoms with Crippen molar-refractivity contribution in [2.45, 2.75) is 19.3 Å². The monoisotopic (exact) mass is 729 g/mol. The molecular weight excluding hydrogens is 691 g/mol. The van der Waals surface area contributed by atoms with Gasteiger partial charge in [0.05, 0.1) is 0 Å². The maximum absolute atomic E-state index is 6.78. The molecule has 0 aromatic heterocycles. The first kappa shape index (κ1) is 33.2. The van der Waals surface area contributed by atoms with E-state index in [4.69, 9.17) is 4.74 Å². The Morgan fingerprint density at radius 2 is 0.965 bits per heavy atom.